The predicted molar refractivity (Wildman–Crippen MR) is 56.7 cm³/mol. The van der Waals surface area contributed by atoms with Crippen molar-refractivity contribution < 1.29 is 18.3 Å². The SMILES string of the molecule is CN(CC(F)(F)F)c1c(Cl)cccc1CO. The molecule has 0 saturated carbocycles. The molecule has 16 heavy (non-hydrogen) atoms. The van der Waals surface area contributed by atoms with Crippen LogP contribution in [-0.4, -0.2) is 24.9 Å². The van der Waals surface area contributed by atoms with Crippen molar-refractivity contribution in [1.29, 1.82) is 0 Å². The Bertz CT molecular complexity index is 368. The van der Waals surface area contributed by atoms with Gasteiger partial charge < -0.3 is 10.0 Å². The van der Waals surface area contributed by atoms with E-state index in [-0.39, 0.29) is 17.3 Å². The van der Waals surface area contributed by atoms with Crippen molar-refractivity contribution in [1.82, 2.24) is 0 Å². The van der Waals surface area contributed by atoms with Gasteiger partial charge in [0.05, 0.1) is 17.3 Å². The third-order valence-corrected chi connectivity index (χ3v) is 2.34. The van der Waals surface area contributed by atoms with E-state index in [4.69, 9.17) is 16.7 Å². The lowest BCUT2D eigenvalue weighted by Crippen LogP contribution is -2.31. The number of hydrogen-bond donors (Lipinski definition) is 1. The smallest absolute Gasteiger partial charge is 0.392 e. The normalized spacial score (nSPS) is 11.6. The van der Waals surface area contributed by atoms with E-state index >= 15 is 0 Å². The average molecular weight is 254 g/mol. The summed E-state index contributed by atoms with van der Waals surface area (Å²) in [6.45, 7) is -1.46. The first-order valence-corrected chi connectivity index (χ1v) is 4.89. The highest BCUT2D eigenvalue weighted by atomic mass is 35.5. The summed E-state index contributed by atoms with van der Waals surface area (Å²) in [6, 6.07) is 4.61. The van der Waals surface area contributed by atoms with E-state index < -0.39 is 12.7 Å². The minimum absolute atomic E-state index is 0.193. The van der Waals surface area contributed by atoms with Crippen LogP contribution in [0.1, 0.15) is 5.56 Å². The minimum atomic E-state index is -4.30. The molecule has 0 aliphatic carbocycles. The van der Waals surface area contributed by atoms with Gasteiger partial charge in [0.1, 0.15) is 6.54 Å². The molecule has 0 aliphatic heterocycles. The first kappa shape index (κ1) is 13.1. The van der Waals surface area contributed by atoms with Crippen molar-refractivity contribution in [2.45, 2.75) is 12.8 Å². The molecule has 0 fully saturated rings. The first-order chi connectivity index (χ1) is 7.35. The lowest BCUT2D eigenvalue weighted by molar-refractivity contribution is -0.119. The van der Waals surface area contributed by atoms with Crippen molar-refractivity contribution in [3.63, 3.8) is 0 Å². The van der Waals surface area contributed by atoms with Crippen LogP contribution in [0.4, 0.5) is 18.9 Å². The van der Waals surface area contributed by atoms with E-state index in [1.165, 1.54) is 19.2 Å². The Hall–Kier alpha value is -0.940. The third-order valence-electron chi connectivity index (χ3n) is 2.04. The summed E-state index contributed by atoms with van der Waals surface area (Å²) in [6.07, 6.45) is -4.30. The predicted octanol–water partition coefficient (Wildman–Crippen LogP) is 2.83. The van der Waals surface area contributed by atoms with Gasteiger partial charge in [-0.25, -0.2) is 0 Å². The van der Waals surface area contributed by atoms with Gasteiger partial charge in [-0.2, -0.15) is 13.2 Å². The number of anilines is 1. The highest BCUT2D eigenvalue weighted by Gasteiger charge is 2.30. The second-order valence-corrected chi connectivity index (χ2v) is 3.78. The summed E-state index contributed by atoms with van der Waals surface area (Å²) in [5.41, 5.74) is 0.586. The molecule has 0 bridgehead atoms. The monoisotopic (exact) mass is 253 g/mol. The summed E-state index contributed by atoms with van der Waals surface area (Å²) < 4.78 is 36.6. The molecule has 1 rings (SSSR count). The van der Waals surface area contributed by atoms with Crippen LogP contribution in [0.2, 0.25) is 5.02 Å². The molecular formula is C10H11ClF3NO. The zero-order valence-corrected chi connectivity index (χ0v) is 9.31. The molecule has 0 heterocycles. The highest BCUT2D eigenvalue weighted by Crippen LogP contribution is 2.31. The maximum Gasteiger partial charge on any atom is 0.405 e. The number of aliphatic hydroxyl groups is 1. The quantitative estimate of drug-likeness (QED) is 0.895. The van der Waals surface area contributed by atoms with Crippen LogP contribution in [0.15, 0.2) is 18.2 Å². The topological polar surface area (TPSA) is 23.5 Å². The lowest BCUT2D eigenvalue weighted by Gasteiger charge is -2.24. The Morgan fingerprint density at radius 2 is 2.00 bits per heavy atom. The number of hydrogen-bond acceptors (Lipinski definition) is 2. The summed E-state index contributed by atoms with van der Waals surface area (Å²) in [4.78, 5) is 0.980. The molecule has 0 saturated heterocycles. The van der Waals surface area contributed by atoms with Crippen molar-refractivity contribution in [2.24, 2.45) is 0 Å². The summed E-state index contributed by atoms with van der Waals surface area (Å²) in [5.74, 6) is 0. The van der Waals surface area contributed by atoms with Crippen LogP contribution in [0.25, 0.3) is 0 Å². The fraction of sp³-hybridized carbons (Fsp3) is 0.400. The number of nitrogens with zero attached hydrogens (tertiary/aromatic N) is 1. The van der Waals surface area contributed by atoms with Crippen molar-refractivity contribution in [2.75, 3.05) is 18.5 Å². The Morgan fingerprint density at radius 1 is 1.38 bits per heavy atom. The van der Waals surface area contributed by atoms with E-state index in [1.807, 2.05) is 0 Å². The molecule has 0 spiro atoms. The van der Waals surface area contributed by atoms with Gasteiger partial charge in [-0.05, 0) is 6.07 Å². The fourth-order valence-electron chi connectivity index (χ4n) is 1.46. The molecule has 1 aromatic carbocycles. The van der Waals surface area contributed by atoms with Gasteiger partial charge in [0.15, 0.2) is 0 Å². The maximum absolute atomic E-state index is 12.2. The molecule has 0 aliphatic rings. The molecule has 90 valence electrons. The second kappa shape index (κ2) is 4.93. The van der Waals surface area contributed by atoms with Gasteiger partial charge in [0.25, 0.3) is 0 Å². The van der Waals surface area contributed by atoms with E-state index in [9.17, 15) is 13.2 Å². The van der Waals surface area contributed by atoms with Gasteiger partial charge in [-0.1, -0.05) is 23.7 Å². The largest absolute Gasteiger partial charge is 0.405 e. The Labute approximate surface area is 96.2 Å². The summed E-state index contributed by atoms with van der Waals surface area (Å²) >= 11 is 5.81. The van der Waals surface area contributed by atoms with E-state index in [0.717, 1.165) is 4.90 Å². The Morgan fingerprint density at radius 3 is 2.50 bits per heavy atom. The molecule has 6 heteroatoms. The molecule has 1 N–H and O–H groups in total. The molecule has 2 nitrogen and oxygen atoms in total. The van der Waals surface area contributed by atoms with Crippen LogP contribution in [0, 0.1) is 0 Å². The van der Waals surface area contributed by atoms with Crippen LogP contribution in [-0.2, 0) is 6.61 Å². The molecule has 0 amide bonds. The van der Waals surface area contributed by atoms with Crippen LogP contribution < -0.4 is 4.90 Å². The first-order valence-electron chi connectivity index (χ1n) is 4.51. The third kappa shape index (κ3) is 3.28. The number of rotatable bonds is 3. The zero-order valence-electron chi connectivity index (χ0n) is 8.55. The maximum atomic E-state index is 12.2. The number of para-hydroxylation sites is 1. The van der Waals surface area contributed by atoms with Gasteiger partial charge in [0.2, 0.25) is 0 Å². The van der Waals surface area contributed by atoms with Crippen LogP contribution >= 0.6 is 11.6 Å². The zero-order chi connectivity index (χ0) is 12.3. The second-order valence-electron chi connectivity index (χ2n) is 3.38. The Kier molecular flexibility index (Phi) is 4.04. The average Bonchev–Trinajstić information content (AvgIpc) is 2.14. The van der Waals surface area contributed by atoms with Crippen molar-refractivity contribution >= 4 is 17.3 Å². The molecule has 0 atom stereocenters. The van der Waals surface area contributed by atoms with Gasteiger partial charge in [-0.15, -0.1) is 0 Å². The molecule has 0 radical (unpaired) electrons. The van der Waals surface area contributed by atoms with Gasteiger partial charge >= 0.3 is 6.18 Å². The van der Waals surface area contributed by atoms with Gasteiger partial charge in [0, 0.05) is 12.6 Å². The van der Waals surface area contributed by atoms with Gasteiger partial charge in [-0.3, -0.25) is 0 Å². The molecule has 1 aromatic rings. The van der Waals surface area contributed by atoms with Crippen molar-refractivity contribution in [3.8, 4) is 0 Å². The summed E-state index contributed by atoms with van der Waals surface area (Å²) in [7, 11) is 1.29. The summed E-state index contributed by atoms with van der Waals surface area (Å²) in [5, 5.41) is 9.22. The fourth-order valence-corrected chi connectivity index (χ4v) is 1.80. The Balaban J connectivity index is 3.02. The van der Waals surface area contributed by atoms with Crippen molar-refractivity contribution in [3.05, 3.63) is 28.8 Å². The molecular weight excluding hydrogens is 243 g/mol. The number of halogens is 4. The molecule has 0 unspecified atom stereocenters. The number of benzene rings is 1. The standard InChI is InChI=1S/C10H11ClF3NO/c1-15(6-10(12,13)14)9-7(5-16)3-2-4-8(9)11/h2-4,16H,5-6H2,1H3. The van der Waals surface area contributed by atoms with E-state index in [0.29, 0.717) is 5.56 Å². The number of alkyl halides is 3. The van der Waals surface area contributed by atoms with E-state index in [2.05, 4.69) is 0 Å². The number of aliphatic hydroxyl groups excluding tert-OH is 1. The lowest BCUT2D eigenvalue weighted by atomic mass is 10.1. The minimum Gasteiger partial charge on any atom is -0.392 e. The van der Waals surface area contributed by atoms with E-state index in [1.54, 1.807) is 6.07 Å². The van der Waals surface area contributed by atoms with Crippen LogP contribution in [0.3, 0.4) is 0 Å². The molecule has 0 aromatic heterocycles. The highest BCUT2D eigenvalue weighted by molar-refractivity contribution is 6.33. The van der Waals surface area contributed by atoms with Crippen LogP contribution in [0.5, 0.6) is 0 Å².